The van der Waals surface area contributed by atoms with Crippen LogP contribution in [-0.4, -0.2) is 12.7 Å². The summed E-state index contributed by atoms with van der Waals surface area (Å²) in [4.78, 5) is 0. The van der Waals surface area contributed by atoms with Gasteiger partial charge in [0.25, 0.3) is 0 Å². The molecule has 0 radical (unpaired) electrons. The van der Waals surface area contributed by atoms with Gasteiger partial charge in [0.1, 0.15) is 0 Å². The lowest BCUT2D eigenvalue weighted by atomic mass is 9.76. The van der Waals surface area contributed by atoms with E-state index < -0.39 is 0 Å². The van der Waals surface area contributed by atoms with Crippen molar-refractivity contribution in [1.29, 1.82) is 0 Å². The van der Waals surface area contributed by atoms with Gasteiger partial charge in [-0.2, -0.15) is 0 Å². The van der Waals surface area contributed by atoms with Gasteiger partial charge in [0.2, 0.25) is 0 Å². The highest BCUT2D eigenvalue weighted by Crippen LogP contribution is 2.36. The summed E-state index contributed by atoms with van der Waals surface area (Å²) in [5, 5.41) is 0. The third-order valence-electron chi connectivity index (χ3n) is 6.55. The van der Waals surface area contributed by atoms with Crippen LogP contribution < -0.4 is 0 Å². The number of rotatable bonds is 10. The quantitative estimate of drug-likeness (QED) is 0.301. The molecule has 2 rings (SSSR count). The molecule has 2 aliphatic rings. The number of ether oxygens (including phenoxy) is 1. The van der Waals surface area contributed by atoms with E-state index in [9.17, 15) is 0 Å². The second kappa shape index (κ2) is 12.1. The van der Waals surface area contributed by atoms with Gasteiger partial charge in [0, 0.05) is 6.61 Å². The fraction of sp³-hybridized carbons (Fsp3) is 0.913. The van der Waals surface area contributed by atoms with Crippen LogP contribution in [0.1, 0.15) is 104 Å². The van der Waals surface area contributed by atoms with Crippen molar-refractivity contribution in [3.8, 4) is 0 Å². The topological polar surface area (TPSA) is 9.23 Å². The Labute approximate surface area is 151 Å². The molecule has 0 bridgehead atoms. The van der Waals surface area contributed by atoms with Gasteiger partial charge in [0.05, 0.1) is 6.10 Å². The van der Waals surface area contributed by atoms with Gasteiger partial charge in [-0.25, -0.2) is 0 Å². The third-order valence-corrected chi connectivity index (χ3v) is 6.55. The van der Waals surface area contributed by atoms with Crippen molar-refractivity contribution < 1.29 is 4.74 Å². The molecule has 0 atom stereocenters. The first-order valence-corrected chi connectivity index (χ1v) is 11.0. The highest BCUT2D eigenvalue weighted by molar-refractivity contribution is 4.83. The summed E-state index contributed by atoms with van der Waals surface area (Å²) in [7, 11) is 0. The number of unbranched alkanes of at least 4 members (excludes halogenated alkanes) is 2. The zero-order valence-electron chi connectivity index (χ0n) is 16.5. The minimum absolute atomic E-state index is 0.583. The molecule has 0 N–H and O–H groups in total. The summed E-state index contributed by atoms with van der Waals surface area (Å²) in [5.41, 5.74) is 0. The van der Waals surface area contributed by atoms with Crippen LogP contribution in [0.15, 0.2) is 12.2 Å². The molecule has 0 unspecified atom stereocenters. The van der Waals surface area contributed by atoms with Gasteiger partial charge in [-0.15, -0.1) is 0 Å². The van der Waals surface area contributed by atoms with Crippen molar-refractivity contribution in [1.82, 2.24) is 0 Å². The van der Waals surface area contributed by atoms with Crippen LogP contribution in [0.4, 0.5) is 0 Å². The van der Waals surface area contributed by atoms with E-state index in [4.69, 9.17) is 4.74 Å². The van der Waals surface area contributed by atoms with E-state index in [0.717, 1.165) is 24.4 Å². The largest absolute Gasteiger partial charge is 0.378 e. The Morgan fingerprint density at radius 1 is 0.792 bits per heavy atom. The molecule has 0 aliphatic heterocycles. The lowest BCUT2D eigenvalue weighted by molar-refractivity contribution is 0.0146. The monoisotopic (exact) mass is 334 g/mol. The number of allylic oxidation sites excluding steroid dienone is 2. The second-order valence-electron chi connectivity index (χ2n) is 8.49. The molecule has 1 nitrogen and oxygen atoms in total. The smallest absolute Gasteiger partial charge is 0.0575 e. The van der Waals surface area contributed by atoms with Gasteiger partial charge in [-0.05, 0) is 76.0 Å². The molecule has 1 heteroatoms. The molecular weight excluding hydrogens is 292 g/mol. The van der Waals surface area contributed by atoms with E-state index in [2.05, 4.69) is 26.0 Å². The molecule has 0 amide bonds. The molecule has 2 fully saturated rings. The number of hydrogen-bond acceptors (Lipinski definition) is 1. The van der Waals surface area contributed by atoms with E-state index in [0.29, 0.717) is 6.10 Å². The first-order valence-electron chi connectivity index (χ1n) is 11.0. The normalized spacial score (nSPS) is 31.6. The average Bonchev–Trinajstić information content (AvgIpc) is 2.64. The van der Waals surface area contributed by atoms with Crippen LogP contribution in [0.5, 0.6) is 0 Å². The summed E-state index contributed by atoms with van der Waals surface area (Å²) in [5.74, 6) is 3.02. The molecule has 2 saturated carbocycles. The van der Waals surface area contributed by atoms with Crippen molar-refractivity contribution in [3.63, 3.8) is 0 Å². The standard InChI is InChI=1S/C23H42O/c1-3-5-7-19-24-23-17-15-22(16-18-23)14-13-21-11-9-20(10-12-21)8-6-4-2/h4,6,20-23H,3,5,7-19H2,1-2H3. The Balaban J connectivity index is 1.50. The Morgan fingerprint density at radius 2 is 1.38 bits per heavy atom. The van der Waals surface area contributed by atoms with Crippen molar-refractivity contribution >= 4 is 0 Å². The molecule has 24 heavy (non-hydrogen) atoms. The van der Waals surface area contributed by atoms with E-state index in [1.807, 2.05) is 0 Å². The highest BCUT2D eigenvalue weighted by atomic mass is 16.5. The van der Waals surface area contributed by atoms with Crippen molar-refractivity contribution in [3.05, 3.63) is 12.2 Å². The highest BCUT2D eigenvalue weighted by Gasteiger charge is 2.24. The lowest BCUT2D eigenvalue weighted by Gasteiger charge is -2.31. The van der Waals surface area contributed by atoms with Crippen LogP contribution >= 0.6 is 0 Å². The minimum Gasteiger partial charge on any atom is -0.378 e. The summed E-state index contributed by atoms with van der Waals surface area (Å²) >= 11 is 0. The Hall–Kier alpha value is -0.300. The maximum absolute atomic E-state index is 6.07. The van der Waals surface area contributed by atoms with Crippen LogP contribution in [0.3, 0.4) is 0 Å². The Morgan fingerprint density at radius 3 is 1.96 bits per heavy atom. The maximum Gasteiger partial charge on any atom is 0.0575 e. The summed E-state index contributed by atoms with van der Waals surface area (Å²) in [6, 6.07) is 0. The van der Waals surface area contributed by atoms with Crippen LogP contribution in [0.2, 0.25) is 0 Å². The first kappa shape index (κ1) is 20.0. The fourth-order valence-electron chi connectivity index (χ4n) is 4.75. The zero-order valence-corrected chi connectivity index (χ0v) is 16.5. The molecular formula is C23H42O. The van der Waals surface area contributed by atoms with Gasteiger partial charge in [-0.1, -0.05) is 57.6 Å². The van der Waals surface area contributed by atoms with Crippen LogP contribution in [-0.2, 0) is 4.74 Å². The van der Waals surface area contributed by atoms with Crippen LogP contribution in [0, 0.1) is 17.8 Å². The predicted octanol–water partition coefficient (Wildman–Crippen LogP) is 7.30. The first-order chi connectivity index (χ1) is 11.8. The molecule has 140 valence electrons. The van der Waals surface area contributed by atoms with Gasteiger partial charge in [0.15, 0.2) is 0 Å². The Kier molecular flexibility index (Phi) is 10.1. The second-order valence-corrected chi connectivity index (χ2v) is 8.49. The summed E-state index contributed by atoms with van der Waals surface area (Å²) < 4.78 is 6.07. The Bertz CT molecular complexity index is 319. The van der Waals surface area contributed by atoms with E-state index in [1.54, 1.807) is 0 Å². The third kappa shape index (κ3) is 7.72. The molecule has 0 heterocycles. The van der Waals surface area contributed by atoms with Crippen molar-refractivity contribution in [2.24, 2.45) is 17.8 Å². The van der Waals surface area contributed by atoms with Gasteiger partial charge >= 0.3 is 0 Å². The van der Waals surface area contributed by atoms with E-state index in [-0.39, 0.29) is 0 Å². The van der Waals surface area contributed by atoms with Gasteiger partial charge < -0.3 is 4.74 Å². The summed E-state index contributed by atoms with van der Waals surface area (Å²) in [6.45, 7) is 5.41. The van der Waals surface area contributed by atoms with E-state index >= 15 is 0 Å². The van der Waals surface area contributed by atoms with Crippen molar-refractivity contribution in [2.75, 3.05) is 6.61 Å². The zero-order chi connectivity index (χ0) is 17.0. The van der Waals surface area contributed by atoms with Crippen molar-refractivity contribution in [2.45, 2.75) is 110 Å². The molecule has 0 saturated heterocycles. The summed E-state index contributed by atoms with van der Waals surface area (Å²) in [6.07, 6.45) is 24.8. The molecule has 2 aliphatic carbocycles. The van der Waals surface area contributed by atoms with E-state index in [1.165, 1.54) is 89.9 Å². The number of hydrogen-bond donors (Lipinski definition) is 0. The fourth-order valence-corrected chi connectivity index (χ4v) is 4.75. The SMILES string of the molecule is CC=CCC1CCC(CCC2CCC(OCCCCC)CC2)CC1. The molecule has 0 aromatic rings. The van der Waals surface area contributed by atoms with Gasteiger partial charge in [-0.3, -0.25) is 0 Å². The maximum atomic E-state index is 6.07. The average molecular weight is 335 g/mol. The molecule has 0 aromatic heterocycles. The molecule has 0 aromatic carbocycles. The predicted molar refractivity (Wildman–Crippen MR) is 105 cm³/mol. The minimum atomic E-state index is 0.583. The van der Waals surface area contributed by atoms with Crippen LogP contribution in [0.25, 0.3) is 0 Å². The lowest BCUT2D eigenvalue weighted by Crippen LogP contribution is -2.23. The molecule has 0 spiro atoms.